The van der Waals surface area contributed by atoms with Crippen LogP contribution in [0.3, 0.4) is 0 Å². The number of nitrogens with one attached hydrogen (secondary N) is 2. The first-order valence-electron chi connectivity index (χ1n) is 14.9. The molecule has 1 aliphatic heterocycles. The number of hydrogen-bond acceptors (Lipinski definition) is 5. The number of aliphatic carboxylic acids is 1. The van der Waals surface area contributed by atoms with Gasteiger partial charge in [-0.05, 0) is 59.7 Å². The number of carboxylic acid groups (broad SMARTS) is 1. The Bertz CT molecular complexity index is 1940. The fourth-order valence-corrected chi connectivity index (χ4v) is 7.23. The maximum atomic E-state index is 13.4. The third kappa shape index (κ3) is 6.27. The summed E-state index contributed by atoms with van der Waals surface area (Å²) >= 11 is 0. The van der Waals surface area contributed by atoms with E-state index >= 15 is 0 Å². The number of fused-ring (bicyclic) bond motifs is 5. The van der Waals surface area contributed by atoms with Crippen LogP contribution in [0.2, 0.25) is 0 Å². The van der Waals surface area contributed by atoms with Gasteiger partial charge in [0.2, 0.25) is 5.91 Å². The summed E-state index contributed by atoms with van der Waals surface area (Å²) in [5.41, 5.74) is 6.04. The van der Waals surface area contributed by atoms with Crippen molar-refractivity contribution in [3.63, 3.8) is 0 Å². The molecule has 2 heterocycles. The van der Waals surface area contributed by atoms with Crippen LogP contribution in [0.1, 0.15) is 65.1 Å². The molecule has 0 saturated heterocycles. The Balaban J connectivity index is 1.30. The zero-order chi connectivity index (χ0) is 31.7. The van der Waals surface area contributed by atoms with Crippen LogP contribution < -0.4 is 10.0 Å². The van der Waals surface area contributed by atoms with Crippen LogP contribution in [-0.4, -0.2) is 47.2 Å². The fraction of sp³-hybridized carbons (Fsp3) is 0.265. The Hall–Kier alpha value is -4.74. The number of amides is 2. The molecule has 1 fully saturated rings. The lowest BCUT2D eigenvalue weighted by molar-refractivity contribution is -0.131. The van der Waals surface area contributed by atoms with Crippen molar-refractivity contribution in [3.05, 3.63) is 95.1 Å². The Morgan fingerprint density at radius 3 is 2.51 bits per heavy atom. The zero-order valence-corrected chi connectivity index (χ0v) is 25.6. The molecule has 0 unspecified atom stereocenters. The van der Waals surface area contributed by atoms with E-state index in [2.05, 4.69) is 10.0 Å². The summed E-state index contributed by atoms with van der Waals surface area (Å²) in [6, 6.07) is 19.7. The average Bonchev–Trinajstić information content (AvgIpc) is 3.25. The van der Waals surface area contributed by atoms with E-state index < -0.39 is 22.1 Å². The van der Waals surface area contributed by atoms with Crippen LogP contribution in [0.5, 0.6) is 0 Å². The molecule has 2 aliphatic rings. The summed E-state index contributed by atoms with van der Waals surface area (Å²) in [5.74, 6) is -1.69. The van der Waals surface area contributed by atoms with Gasteiger partial charge in [-0.15, -0.1) is 0 Å². The molecular weight excluding hydrogens is 592 g/mol. The molecule has 0 bridgehead atoms. The highest BCUT2D eigenvalue weighted by atomic mass is 32.2. The van der Waals surface area contributed by atoms with Crippen molar-refractivity contribution in [1.29, 1.82) is 0 Å². The van der Waals surface area contributed by atoms with E-state index in [0.717, 1.165) is 58.4 Å². The van der Waals surface area contributed by atoms with Crippen LogP contribution in [0.4, 0.5) is 5.69 Å². The van der Waals surface area contributed by atoms with E-state index in [-0.39, 0.29) is 24.6 Å². The molecule has 1 aromatic heterocycles. The number of hydrogen-bond donors (Lipinski definition) is 3. The number of nitrogens with zero attached hydrogens (tertiary/aromatic N) is 2. The molecule has 0 radical (unpaired) electrons. The van der Waals surface area contributed by atoms with Gasteiger partial charge in [0.1, 0.15) is 6.54 Å². The van der Waals surface area contributed by atoms with E-state index in [1.54, 1.807) is 36.4 Å². The minimum atomic E-state index is -4.20. The number of para-hydroxylation sites is 1. The summed E-state index contributed by atoms with van der Waals surface area (Å²) in [7, 11) is -2.83. The van der Waals surface area contributed by atoms with Gasteiger partial charge in [-0.1, -0.05) is 67.8 Å². The van der Waals surface area contributed by atoms with Gasteiger partial charge < -0.3 is 15.0 Å². The number of rotatable bonds is 8. The molecule has 0 spiro atoms. The normalized spacial score (nSPS) is 15.5. The van der Waals surface area contributed by atoms with Crippen molar-refractivity contribution in [1.82, 2.24) is 13.6 Å². The molecular formula is C34H34N4O6S. The van der Waals surface area contributed by atoms with Crippen LogP contribution in [-0.2, 0) is 32.9 Å². The second-order valence-electron chi connectivity index (χ2n) is 11.6. The largest absolute Gasteiger partial charge is 0.478 e. The van der Waals surface area contributed by atoms with Crippen LogP contribution in [0, 0.1) is 0 Å². The molecule has 2 amide bonds. The van der Waals surface area contributed by atoms with Crippen LogP contribution in [0.15, 0.2) is 72.8 Å². The Morgan fingerprint density at radius 1 is 1.04 bits per heavy atom. The van der Waals surface area contributed by atoms with Gasteiger partial charge in [-0.3, -0.25) is 9.59 Å². The van der Waals surface area contributed by atoms with Crippen molar-refractivity contribution in [2.75, 3.05) is 12.4 Å². The highest BCUT2D eigenvalue weighted by Crippen LogP contribution is 2.46. The predicted molar refractivity (Wildman–Crippen MR) is 173 cm³/mol. The van der Waals surface area contributed by atoms with Crippen molar-refractivity contribution in [2.45, 2.75) is 51.1 Å². The third-order valence-electron chi connectivity index (χ3n) is 8.57. The maximum absolute atomic E-state index is 13.4. The van der Waals surface area contributed by atoms with Gasteiger partial charge in [0.25, 0.3) is 5.91 Å². The number of aromatic nitrogens is 1. The summed E-state index contributed by atoms with van der Waals surface area (Å²) in [5, 5.41) is 12.8. The molecule has 11 heteroatoms. The lowest BCUT2D eigenvalue weighted by atomic mass is 9.81. The first kappa shape index (κ1) is 30.3. The minimum Gasteiger partial charge on any atom is -0.478 e. The van der Waals surface area contributed by atoms with E-state index in [0.29, 0.717) is 22.6 Å². The first-order valence-corrected chi connectivity index (χ1v) is 16.4. The van der Waals surface area contributed by atoms with E-state index in [1.165, 1.54) is 25.1 Å². The molecule has 10 nitrogen and oxygen atoms in total. The fourth-order valence-electron chi connectivity index (χ4n) is 6.41. The topological polar surface area (TPSA) is 138 Å². The quantitative estimate of drug-likeness (QED) is 0.221. The lowest BCUT2D eigenvalue weighted by Gasteiger charge is -2.23. The number of carboxylic acids is 1. The second kappa shape index (κ2) is 12.3. The van der Waals surface area contributed by atoms with E-state index in [9.17, 15) is 22.8 Å². The Labute approximate surface area is 261 Å². The summed E-state index contributed by atoms with van der Waals surface area (Å²) in [4.78, 5) is 37.1. The van der Waals surface area contributed by atoms with Crippen molar-refractivity contribution >= 4 is 50.7 Å². The molecule has 45 heavy (non-hydrogen) atoms. The predicted octanol–water partition coefficient (Wildman–Crippen LogP) is 5.51. The zero-order valence-electron chi connectivity index (χ0n) is 24.8. The van der Waals surface area contributed by atoms with Crippen LogP contribution in [0.25, 0.3) is 28.2 Å². The smallest absolute Gasteiger partial charge is 0.328 e. The standard InChI is InChI=1S/C34H34N4O6S/c1-37(20-23-13-11-22(12-14-23)15-18-31(40)41)45(43,44)36-34(42)25-16-17-27-29(19-25)38-21-30(39)35-28-10-6-5-9-26(28)33(38)32(27)24-7-3-2-4-8-24/h5-6,9-19,24H,2-4,7-8,20-21H2,1H3,(H,35,39)(H,36,42)(H,40,41). The number of benzene rings is 3. The third-order valence-corrected chi connectivity index (χ3v) is 9.97. The Kier molecular flexibility index (Phi) is 8.30. The molecule has 3 N–H and O–H groups in total. The van der Waals surface area contributed by atoms with Crippen molar-refractivity contribution in [3.8, 4) is 11.3 Å². The molecule has 6 rings (SSSR count). The van der Waals surface area contributed by atoms with Crippen molar-refractivity contribution in [2.24, 2.45) is 0 Å². The highest BCUT2D eigenvalue weighted by molar-refractivity contribution is 7.87. The minimum absolute atomic E-state index is 0.00392. The SMILES string of the molecule is CN(Cc1ccc(C=CC(=O)O)cc1)S(=O)(=O)NC(=O)c1ccc2c(C3CCCCC3)c3n(c2c1)CC(=O)Nc1ccccc1-3. The molecule has 1 saturated carbocycles. The number of carbonyl (C=O) groups excluding carboxylic acids is 2. The molecule has 1 aliphatic carbocycles. The van der Waals surface area contributed by atoms with Crippen molar-refractivity contribution < 1.29 is 27.9 Å². The number of carbonyl (C=O) groups is 3. The van der Waals surface area contributed by atoms with Gasteiger partial charge in [-0.25, -0.2) is 9.52 Å². The molecule has 3 aromatic carbocycles. The summed E-state index contributed by atoms with van der Waals surface area (Å²) < 4.78 is 31.5. The van der Waals surface area contributed by atoms with Gasteiger partial charge in [0, 0.05) is 36.2 Å². The van der Waals surface area contributed by atoms with Crippen LogP contribution >= 0.6 is 0 Å². The monoisotopic (exact) mass is 626 g/mol. The number of anilines is 1. The second-order valence-corrected chi connectivity index (χ2v) is 13.4. The van der Waals surface area contributed by atoms with Gasteiger partial charge in [0.15, 0.2) is 0 Å². The average molecular weight is 627 g/mol. The van der Waals surface area contributed by atoms with Gasteiger partial charge >= 0.3 is 16.2 Å². The van der Waals surface area contributed by atoms with E-state index in [1.807, 2.05) is 34.9 Å². The summed E-state index contributed by atoms with van der Waals surface area (Å²) in [6.07, 6.45) is 8.02. The van der Waals surface area contributed by atoms with Gasteiger partial charge in [-0.2, -0.15) is 12.7 Å². The summed E-state index contributed by atoms with van der Waals surface area (Å²) in [6.45, 7) is 0.0697. The Morgan fingerprint density at radius 2 is 1.78 bits per heavy atom. The first-order chi connectivity index (χ1) is 21.6. The lowest BCUT2D eigenvalue weighted by Crippen LogP contribution is -2.41. The highest BCUT2D eigenvalue weighted by Gasteiger charge is 2.31. The molecule has 0 atom stereocenters. The molecule has 232 valence electrons. The molecule has 4 aromatic rings. The maximum Gasteiger partial charge on any atom is 0.328 e. The van der Waals surface area contributed by atoms with Gasteiger partial charge in [0.05, 0.1) is 16.9 Å². The van der Waals surface area contributed by atoms with E-state index in [4.69, 9.17) is 5.11 Å².